The Bertz CT molecular complexity index is 975. The molecule has 0 aromatic heterocycles. The highest BCUT2D eigenvalue weighted by atomic mass is 32.2. The first-order valence-electron chi connectivity index (χ1n) is 9.63. The van der Waals surface area contributed by atoms with Gasteiger partial charge in [-0.05, 0) is 29.3 Å². The topological polar surface area (TPSA) is 76.2 Å². The van der Waals surface area contributed by atoms with Gasteiger partial charge in [-0.25, -0.2) is 8.42 Å². The highest BCUT2D eigenvalue weighted by molar-refractivity contribution is 7.88. The zero-order valence-electron chi connectivity index (χ0n) is 17.2. The molecule has 2 aromatic rings. The first-order chi connectivity index (χ1) is 14.4. The van der Waals surface area contributed by atoms with Crippen LogP contribution in [0.5, 0.6) is 11.5 Å². The van der Waals surface area contributed by atoms with Crippen molar-refractivity contribution in [1.29, 1.82) is 0 Å². The molecule has 0 bridgehead atoms. The largest absolute Gasteiger partial charge is 0.497 e. The van der Waals surface area contributed by atoms with Crippen LogP contribution in [0.25, 0.3) is 6.08 Å². The van der Waals surface area contributed by atoms with Gasteiger partial charge in [0.25, 0.3) is 0 Å². The second kappa shape index (κ2) is 9.77. The summed E-state index contributed by atoms with van der Waals surface area (Å²) < 4.78 is 37.2. The number of rotatable bonds is 7. The number of nitrogens with zero attached hydrogens (tertiary/aromatic N) is 2. The van der Waals surface area contributed by atoms with Crippen molar-refractivity contribution >= 4 is 22.0 Å². The fourth-order valence-corrected chi connectivity index (χ4v) is 4.78. The molecule has 7 nitrogen and oxygen atoms in total. The quantitative estimate of drug-likeness (QED) is 0.631. The Kier molecular flexibility index (Phi) is 7.12. The van der Waals surface area contributed by atoms with Gasteiger partial charge in [0, 0.05) is 38.3 Å². The minimum atomic E-state index is -3.41. The van der Waals surface area contributed by atoms with E-state index in [9.17, 15) is 13.2 Å². The second-order valence-electron chi connectivity index (χ2n) is 6.95. The SMILES string of the molecule is COc1cc(/C=C/C(=O)N2CCN(S(=O)(=O)Cc3ccccc3)CC2)cc(OC)c1. The van der Waals surface area contributed by atoms with Crippen LogP contribution in [0.15, 0.2) is 54.6 Å². The molecule has 0 aliphatic carbocycles. The summed E-state index contributed by atoms with van der Waals surface area (Å²) in [5.74, 6) is 1.09. The third-order valence-electron chi connectivity index (χ3n) is 4.93. The van der Waals surface area contributed by atoms with Crippen LogP contribution >= 0.6 is 0 Å². The number of hydrogen-bond acceptors (Lipinski definition) is 5. The van der Waals surface area contributed by atoms with E-state index in [0.29, 0.717) is 37.7 Å². The monoisotopic (exact) mass is 430 g/mol. The fraction of sp³-hybridized carbons (Fsp3) is 0.318. The molecule has 160 valence electrons. The number of hydrogen-bond donors (Lipinski definition) is 0. The van der Waals surface area contributed by atoms with Crippen LogP contribution in [0.4, 0.5) is 0 Å². The van der Waals surface area contributed by atoms with Gasteiger partial charge in [0.15, 0.2) is 0 Å². The molecule has 8 heteroatoms. The number of methoxy groups -OCH3 is 2. The Hall–Kier alpha value is -2.84. The van der Waals surface area contributed by atoms with Crippen molar-refractivity contribution in [3.05, 3.63) is 65.7 Å². The number of sulfonamides is 1. The van der Waals surface area contributed by atoms with Gasteiger partial charge < -0.3 is 14.4 Å². The number of benzene rings is 2. The van der Waals surface area contributed by atoms with Gasteiger partial charge in [-0.1, -0.05) is 30.3 Å². The molecule has 1 aliphatic rings. The van der Waals surface area contributed by atoms with Gasteiger partial charge in [-0.15, -0.1) is 0 Å². The van der Waals surface area contributed by atoms with Crippen molar-refractivity contribution in [1.82, 2.24) is 9.21 Å². The van der Waals surface area contributed by atoms with Crippen molar-refractivity contribution in [2.75, 3.05) is 40.4 Å². The van der Waals surface area contributed by atoms with Crippen LogP contribution in [0.1, 0.15) is 11.1 Å². The molecule has 1 fully saturated rings. The molecule has 0 saturated carbocycles. The zero-order chi connectivity index (χ0) is 21.6. The van der Waals surface area contributed by atoms with Crippen molar-refractivity contribution in [2.24, 2.45) is 0 Å². The average Bonchev–Trinajstić information content (AvgIpc) is 2.77. The molecule has 0 radical (unpaired) electrons. The molecule has 1 aliphatic heterocycles. The molecule has 3 rings (SSSR count). The lowest BCUT2D eigenvalue weighted by atomic mass is 10.2. The Labute approximate surface area is 177 Å². The predicted molar refractivity (Wildman–Crippen MR) is 116 cm³/mol. The van der Waals surface area contributed by atoms with Crippen LogP contribution in [0, 0.1) is 0 Å². The Balaban J connectivity index is 1.58. The van der Waals surface area contributed by atoms with Crippen molar-refractivity contribution in [3.8, 4) is 11.5 Å². The van der Waals surface area contributed by atoms with E-state index in [0.717, 1.165) is 11.1 Å². The number of carbonyl (C=O) groups excluding carboxylic acids is 1. The van der Waals surface area contributed by atoms with E-state index in [1.807, 2.05) is 18.2 Å². The first-order valence-corrected chi connectivity index (χ1v) is 11.2. The molecule has 0 N–H and O–H groups in total. The van der Waals surface area contributed by atoms with E-state index in [2.05, 4.69) is 0 Å². The van der Waals surface area contributed by atoms with Crippen molar-refractivity contribution in [3.63, 3.8) is 0 Å². The fourth-order valence-electron chi connectivity index (χ4n) is 3.26. The lowest BCUT2D eigenvalue weighted by Gasteiger charge is -2.33. The third-order valence-corrected chi connectivity index (χ3v) is 6.78. The molecule has 1 saturated heterocycles. The van der Waals surface area contributed by atoms with Gasteiger partial charge in [0.05, 0.1) is 20.0 Å². The summed E-state index contributed by atoms with van der Waals surface area (Å²) in [5.41, 5.74) is 1.54. The van der Waals surface area contributed by atoms with Crippen LogP contribution in [0.2, 0.25) is 0 Å². The normalized spacial score (nSPS) is 15.3. The second-order valence-corrected chi connectivity index (χ2v) is 8.91. The smallest absolute Gasteiger partial charge is 0.246 e. The highest BCUT2D eigenvalue weighted by Gasteiger charge is 2.28. The molecule has 0 spiro atoms. The zero-order valence-corrected chi connectivity index (χ0v) is 18.0. The van der Waals surface area contributed by atoms with Crippen LogP contribution in [-0.4, -0.2) is 63.9 Å². The van der Waals surface area contributed by atoms with E-state index in [4.69, 9.17) is 9.47 Å². The summed E-state index contributed by atoms with van der Waals surface area (Å²) in [6.07, 6.45) is 3.19. The van der Waals surface area contributed by atoms with E-state index in [1.54, 1.807) is 55.5 Å². The maximum Gasteiger partial charge on any atom is 0.246 e. The number of ether oxygens (including phenoxy) is 2. The molecule has 2 aromatic carbocycles. The minimum Gasteiger partial charge on any atom is -0.497 e. The lowest BCUT2D eigenvalue weighted by molar-refractivity contribution is -0.127. The van der Waals surface area contributed by atoms with E-state index in [1.165, 1.54) is 10.4 Å². The van der Waals surface area contributed by atoms with Crippen molar-refractivity contribution in [2.45, 2.75) is 5.75 Å². The van der Waals surface area contributed by atoms with Gasteiger partial charge in [-0.2, -0.15) is 4.31 Å². The molecule has 30 heavy (non-hydrogen) atoms. The van der Waals surface area contributed by atoms with Crippen LogP contribution in [0.3, 0.4) is 0 Å². The minimum absolute atomic E-state index is 0.0284. The highest BCUT2D eigenvalue weighted by Crippen LogP contribution is 2.23. The van der Waals surface area contributed by atoms with E-state index < -0.39 is 10.0 Å². The Morgan fingerprint density at radius 2 is 1.57 bits per heavy atom. The summed E-state index contributed by atoms with van der Waals surface area (Å²) in [5, 5.41) is 0. The standard InChI is InChI=1S/C22H26N2O5S/c1-28-20-14-19(15-21(16-20)29-2)8-9-22(25)23-10-12-24(13-11-23)30(26,27)17-18-6-4-3-5-7-18/h3-9,14-16H,10-13,17H2,1-2H3/b9-8+. The van der Waals surface area contributed by atoms with Crippen molar-refractivity contribution < 1.29 is 22.7 Å². The lowest BCUT2D eigenvalue weighted by Crippen LogP contribution is -2.50. The number of amides is 1. The molecule has 1 heterocycles. The molecular formula is C22H26N2O5S. The number of piperazine rings is 1. The third kappa shape index (κ3) is 5.61. The predicted octanol–water partition coefficient (Wildman–Crippen LogP) is 2.39. The molecule has 1 amide bonds. The van der Waals surface area contributed by atoms with Gasteiger partial charge in [0.1, 0.15) is 11.5 Å². The summed E-state index contributed by atoms with van der Waals surface area (Å²) in [6, 6.07) is 14.5. The van der Waals surface area contributed by atoms with Gasteiger partial charge in [-0.3, -0.25) is 4.79 Å². The molecule has 0 atom stereocenters. The summed E-state index contributed by atoms with van der Waals surface area (Å²) >= 11 is 0. The Morgan fingerprint density at radius 3 is 2.13 bits per heavy atom. The molecular weight excluding hydrogens is 404 g/mol. The Morgan fingerprint density at radius 1 is 0.967 bits per heavy atom. The summed E-state index contributed by atoms with van der Waals surface area (Å²) in [6.45, 7) is 1.31. The maximum absolute atomic E-state index is 12.6. The van der Waals surface area contributed by atoms with Gasteiger partial charge in [0.2, 0.25) is 15.9 Å². The number of carbonyl (C=O) groups is 1. The van der Waals surface area contributed by atoms with E-state index in [-0.39, 0.29) is 11.7 Å². The van der Waals surface area contributed by atoms with Gasteiger partial charge >= 0.3 is 0 Å². The van der Waals surface area contributed by atoms with Crippen LogP contribution in [-0.2, 0) is 20.6 Å². The van der Waals surface area contributed by atoms with Crippen LogP contribution < -0.4 is 9.47 Å². The van der Waals surface area contributed by atoms with E-state index >= 15 is 0 Å². The summed E-state index contributed by atoms with van der Waals surface area (Å²) in [7, 11) is -0.270. The maximum atomic E-state index is 12.6. The average molecular weight is 431 g/mol. The summed E-state index contributed by atoms with van der Waals surface area (Å²) in [4.78, 5) is 14.2. The first kappa shape index (κ1) is 21.9. The molecule has 0 unspecified atom stereocenters.